The van der Waals surface area contributed by atoms with Gasteiger partial charge in [0.25, 0.3) is 0 Å². The number of nitrogens with zero attached hydrogens (tertiary/aromatic N) is 1. The molecule has 2 aliphatic rings. The van der Waals surface area contributed by atoms with E-state index in [9.17, 15) is 14.7 Å². The zero-order valence-corrected chi connectivity index (χ0v) is 11.2. The fourth-order valence-electron chi connectivity index (χ4n) is 3.12. The Balaban J connectivity index is 1.91. The summed E-state index contributed by atoms with van der Waals surface area (Å²) in [5.41, 5.74) is 1.71. The fourth-order valence-corrected chi connectivity index (χ4v) is 3.12. The van der Waals surface area contributed by atoms with Crippen molar-refractivity contribution in [1.82, 2.24) is 5.32 Å². The number of hydrogen-bond donors (Lipinski definition) is 2. The molecule has 1 aromatic rings. The van der Waals surface area contributed by atoms with E-state index in [0.717, 1.165) is 37.2 Å². The van der Waals surface area contributed by atoms with Crippen LogP contribution < -0.4 is 10.2 Å². The molecule has 1 aromatic carbocycles. The first-order valence-electron chi connectivity index (χ1n) is 7.03. The van der Waals surface area contributed by atoms with Crippen LogP contribution >= 0.6 is 0 Å². The predicted molar refractivity (Wildman–Crippen MR) is 74.6 cm³/mol. The van der Waals surface area contributed by atoms with Crippen LogP contribution in [0, 0.1) is 5.92 Å². The summed E-state index contributed by atoms with van der Waals surface area (Å²) in [6, 6.07) is 6.73. The van der Waals surface area contributed by atoms with Gasteiger partial charge in [0.15, 0.2) is 0 Å². The number of rotatable bonds is 2. The second kappa shape index (κ2) is 5.25. The Morgan fingerprint density at radius 1 is 1.20 bits per heavy atom. The normalized spacial score (nSPS) is 22.6. The molecule has 0 unspecified atom stereocenters. The van der Waals surface area contributed by atoms with Crippen LogP contribution in [-0.4, -0.2) is 36.1 Å². The Labute approximate surface area is 117 Å². The molecule has 1 saturated heterocycles. The van der Waals surface area contributed by atoms with Crippen molar-refractivity contribution in [3.8, 4) is 0 Å². The monoisotopic (exact) mass is 274 g/mol. The van der Waals surface area contributed by atoms with E-state index < -0.39 is 12.0 Å². The largest absolute Gasteiger partial charge is 0.480 e. The Kier molecular flexibility index (Phi) is 3.44. The molecule has 0 saturated carbocycles. The van der Waals surface area contributed by atoms with Gasteiger partial charge in [-0.25, -0.2) is 4.79 Å². The molecule has 20 heavy (non-hydrogen) atoms. The first-order valence-corrected chi connectivity index (χ1v) is 7.03. The van der Waals surface area contributed by atoms with E-state index in [2.05, 4.69) is 5.32 Å². The highest BCUT2D eigenvalue weighted by Crippen LogP contribution is 2.34. The molecular formula is C15H18N2O3. The number of fused-ring (bicyclic) bond motifs is 1. The standard InChI is InChI=1S/C15H18N2O3/c18-14(10-5-7-16-8-6-10)17-12-4-2-1-3-11(12)9-13(17)15(19)20/h1-4,10,13,16H,5-9H2,(H,19,20)/t13-/m0/s1. The van der Waals surface area contributed by atoms with Crippen molar-refractivity contribution in [2.75, 3.05) is 18.0 Å². The lowest BCUT2D eigenvalue weighted by molar-refractivity contribution is -0.140. The van der Waals surface area contributed by atoms with Gasteiger partial charge in [-0.2, -0.15) is 0 Å². The summed E-state index contributed by atoms with van der Waals surface area (Å²) in [5.74, 6) is -1.03. The molecule has 0 radical (unpaired) electrons. The van der Waals surface area contributed by atoms with Gasteiger partial charge < -0.3 is 10.4 Å². The predicted octanol–water partition coefficient (Wildman–Crippen LogP) is 1.03. The Hall–Kier alpha value is -1.88. The third kappa shape index (κ3) is 2.18. The fraction of sp³-hybridized carbons (Fsp3) is 0.467. The van der Waals surface area contributed by atoms with Gasteiger partial charge in [-0.3, -0.25) is 9.69 Å². The molecule has 1 atom stereocenters. The van der Waals surface area contributed by atoms with Crippen LogP contribution in [0.2, 0.25) is 0 Å². The van der Waals surface area contributed by atoms with E-state index in [0.29, 0.717) is 6.42 Å². The molecule has 0 aliphatic carbocycles. The van der Waals surface area contributed by atoms with Crippen molar-refractivity contribution < 1.29 is 14.7 Å². The van der Waals surface area contributed by atoms with Crippen molar-refractivity contribution in [3.05, 3.63) is 29.8 Å². The first kappa shape index (κ1) is 13.1. The van der Waals surface area contributed by atoms with Crippen molar-refractivity contribution in [2.45, 2.75) is 25.3 Å². The number of hydrogen-bond acceptors (Lipinski definition) is 3. The van der Waals surface area contributed by atoms with Gasteiger partial charge in [0.05, 0.1) is 0 Å². The number of carbonyl (C=O) groups is 2. The molecule has 0 spiro atoms. The van der Waals surface area contributed by atoms with Crippen LogP contribution in [0.15, 0.2) is 24.3 Å². The van der Waals surface area contributed by atoms with E-state index >= 15 is 0 Å². The van der Waals surface area contributed by atoms with Gasteiger partial charge in [-0.15, -0.1) is 0 Å². The maximum atomic E-state index is 12.7. The van der Waals surface area contributed by atoms with E-state index in [1.165, 1.54) is 4.90 Å². The molecule has 5 heteroatoms. The lowest BCUT2D eigenvalue weighted by Gasteiger charge is -2.29. The van der Waals surface area contributed by atoms with Crippen LogP contribution in [0.1, 0.15) is 18.4 Å². The first-order chi connectivity index (χ1) is 9.68. The van der Waals surface area contributed by atoms with Crippen molar-refractivity contribution in [2.24, 2.45) is 5.92 Å². The summed E-state index contributed by atoms with van der Waals surface area (Å²) in [7, 11) is 0. The van der Waals surface area contributed by atoms with Crippen LogP contribution in [-0.2, 0) is 16.0 Å². The van der Waals surface area contributed by atoms with Gasteiger partial charge in [0.1, 0.15) is 6.04 Å². The van der Waals surface area contributed by atoms with Crippen LogP contribution in [0.5, 0.6) is 0 Å². The average molecular weight is 274 g/mol. The zero-order valence-electron chi connectivity index (χ0n) is 11.2. The van der Waals surface area contributed by atoms with Crippen molar-refractivity contribution >= 4 is 17.6 Å². The third-order valence-electron chi connectivity index (χ3n) is 4.19. The molecule has 0 aromatic heterocycles. The average Bonchev–Trinajstić information content (AvgIpc) is 2.87. The summed E-state index contributed by atoms with van der Waals surface area (Å²) in [5, 5.41) is 12.6. The number of piperidine rings is 1. The highest BCUT2D eigenvalue weighted by molar-refractivity contribution is 6.03. The summed E-state index contributed by atoms with van der Waals surface area (Å²) in [4.78, 5) is 25.7. The molecule has 3 rings (SSSR count). The Morgan fingerprint density at radius 2 is 1.90 bits per heavy atom. The number of carboxylic acids is 1. The Morgan fingerprint density at radius 3 is 2.60 bits per heavy atom. The van der Waals surface area contributed by atoms with Gasteiger partial charge in [0.2, 0.25) is 5.91 Å². The number of anilines is 1. The molecule has 5 nitrogen and oxygen atoms in total. The minimum absolute atomic E-state index is 0.0381. The van der Waals surface area contributed by atoms with Crippen LogP contribution in [0.4, 0.5) is 5.69 Å². The molecule has 2 N–H and O–H groups in total. The minimum Gasteiger partial charge on any atom is -0.480 e. The lowest BCUT2D eigenvalue weighted by atomic mass is 9.96. The molecule has 1 amide bonds. The van der Waals surface area contributed by atoms with E-state index in [-0.39, 0.29) is 11.8 Å². The molecule has 1 fully saturated rings. The second-order valence-corrected chi connectivity index (χ2v) is 5.42. The number of aliphatic carboxylic acids is 1. The number of carbonyl (C=O) groups excluding carboxylic acids is 1. The minimum atomic E-state index is -0.927. The van der Waals surface area contributed by atoms with Crippen molar-refractivity contribution in [1.29, 1.82) is 0 Å². The van der Waals surface area contributed by atoms with E-state index in [4.69, 9.17) is 0 Å². The van der Waals surface area contributed by atoms with E-state index in [1.807, 2.05) is 24.3 Å². The maximum absolute atomic E-state index is 12.7. The zero-order chi connectivity index (χ0) is 14.1. The maximum Gasteiger partial charge on any atom is 0.327 e. The number of amides is 1. The number of benzene rings is 1. The molecule has 2 heterocycles. The number of nitrogens with one attached hydrogen (secondary N) is 1. The van der Waals surface area contributed by atoms with E-state index in [1.54, 1.807) is 0 Å². The SMILES string of the molecule is O=C(O)[C@@H]1Cc2ccccc2N1C(=O)C1CCNCC1. The summed E-state index contributed by atoms with van der Waals surface area (Å²) in [6.07, 6.45) is 1.97. The third-order valence-corrected chi connectivity index (χ3v) is 4.19. The number of carboxylic acid groups (broad SMARTS) is 1. The highest BCUT2D eigenvalue weighted by atomic mass is 16.4. The van der Waals surface area contributed by atoms with Gasteiger partial charge in [-0.05, 0) is 37.6 Å². The highest BCUT2D eigenvalue weighted by Gasteiger charge is 2.40. The molecule has 2 aliphatic heterocycles. The van der Waals surface area contributed by atoms with Crippen LogP contribution in [0.25, 0.3) is 0 Å². The van der Waals surface area contributed by atoms with Crippen molar-refractivity contribution in [3.63, 3.8) is 0 Å². The quantitative estimate of drug-likeness (QED) is 0.845. The summed E-state index contributed by atoms with van der Waals surface area (Å²) in [6.45, 7) is 1.65. The van der Waals surface area contributed by atoms with Gasteiger partial charge in [-0.1, -0.05) is 18.2 Å². The summed E-state index contributed by atoms with van der Waals surface area (Å²) >= 11 is 0. The molecule has 0 bridgehead atoms. The van der Waals surface area contributed by atoms with Gasteiger partial charge in [0, 0.05) is 18.0 Å². The molecule has 106 valence electrons. The lowest BCUT2D eigenvalue weighted by Crippen LogP contribution is -2.47. The topological polar surface area (TPSA) is 69.6 Å². The van der Waals surface area contributed by atoms with Crippen LogP contribution in [0.3, 0.4) is 0 Å². The number of para-hydroxylation sites is 1. The Bertz CT molecular complexity index is 538. The molecular weight excluding hydrogens is 256 g/mol. The summed E-state index contributed by atoms with van der Waals surface area (Å²) < 4.78 is 0. The second-order valence-electron chi connectivity index (χ2n) is 5.42. The smallest absolute Gasteiger partial charge is 0.327 e. The van der Waals surface area contributed by atoms with Gasteiger partial charge >= 0.3 is 5.97 Å².